The van der Waals surface area contributed by atoms with Crippen LogP contribution in [-0.4, -0.2) is 40.1 Å². The van der Waals surface area contributed by atoms with E-state index >= 15 is 0 Å². The van der Waals surface area contributed by atoms with E-state index in [1.165, 1.54) is 30.2 Å². The third kappa shape index (κ3) is 6.09. The summed E-state index contributed by atoms with van der Waals surface area (Å²) in [5.74, 6) is -0.480. The lowest BCUT2D eigenvalue weighted by molar-refractivity contribution is -0.0916. The molecule has 0 fully saturated rings. The van der Waals surface area contributed by atoms with E-state index in [1.54, 1.807) is 18.2 Å². The second-order valence-electron chi connectivity index (χ2n) is 7.26. The Morgan fingerprint density at radius 2 is 1.83 bits per heavy atom. The van der Waals surface area contributed by atoms with E-state index in [0.717, 1.165) is 5.56 Å². The van der Waals surface area contributed by atoms with E-state index in [9.17, 15) is 13.2 Å². The molecule has 2 heterocycles. The van der Waals surface area contributed by atoms with Gasteiger partial charge in [0.1, 0.15) is 30.9 Å². The standard InChI is InChI=1S/C22H22N6O6S/c1-15(33-14-28-13-26-19-20(23)24-12-25-21(19)28)34-35(30,31)27-22(29)17-9-5-6-10-18(17)32-11-16-7-3-2-4-8-16/h2-10,12-13,15H,11,14H2,1H3,(H,27,29)(H2,23,24,25). The smallest absolute Gasteiger partial charge is 0.364 e. The van der Waals surface area contributed by atoms with Gasteiger partial charge in [0.25, 0.3) is 5.91 Å². The van der Waals surface area contributed by atoms with Crippen molar-refractivity contribution in [1.82, 2.24) is 24.2 Å². The summed E-state index contributed by atoms with van der Waals surface area (Å²) in [5.41, 5.74) is 7.46. The highest BCUT2D eigenvalue weighted by Gasteiger charge is 2.23. The molecule has 12 nitrogen and oxygen atoms in total. The van der Waals surface area contributed by atoms with Gasteiger partial charge >= 0.3 is 10.3 Å². The molecule has 182 valence electrons. The lowest BCUT2D eigenvalue weighted by Crippen LogP contribution is -2.35. The van der Waals surface area contributed by atoms with Crippen molar-refractivity contribution in [3.05, 3.63) is 78.4 Å². The third-order valence-corrected chi connectivity index (χ3v) is 5.69. The molecule has 0 radical (unpaired) electrons. The molecule has 0 saturated carbocycles. The largest absolute Gasteiger partial charge is 0.488 e. The fraction of sp³-hybridized carbons (Fsp3) is 0.182. The number of carbonyl (C=O) groups excluding carboxylic acids is 1. The van der Waals surface area contributed by atoms with Crippen LogP contribution in [0.25, 0.3) is 11.2 Å². The molecule has 3 N–H and O–H groups in total. The number of hydrogen-bond donors (Lipinski definition) is 2. The zero-order valence-corrected chi connectivity index (χ0v) is 19.4. The Morgan fingerprint density at radius 1 is 1.09 bits per heavy atom. The number of ether oxygens (including phenoxy) is 2. The first-order chi connectivity index (χ1) is 16.8. The van der Waals surface area contributed by atoms with Crippen molar-refractivity contribution in [3.8, 4) is 5.75 Å². The quantitative estimate of drug-likeness (QED) is 0.309. The van der Waals surface area contributed by atoms with Gasteiger partial charge in [-0.05, 0) is 24.6 Å². The highest BCUT2D eigenvalue weighted by atomic mass is 32.2. The van der Waals surface area contributed by atoms with Crippen molar-refractivity contribution in [1.29, 1.82) is 0 Å². The fourth-order valence-electron chi connectivity index (χ4n) is 3.09. The van der Waals surface area contributed by atoms with Crippen LogP contribution in [0.3, 0.4) is 0 Å². The fourth-order valence-corrected chi connectivity index (χ4v) is 3.89. The number of anilines is 1. The van der Waals surface area contributed by atoms with Gasteiger partial charge in [-0.15, -0.1) is 0 Å². The van der Waals surface area contributed by atoms with E-state index in [4.69, 9.17) is 19.4 Å². The van der Waals surface area contributed by atoms with Crippen LogP contribution >= 0.6 is 0 Å². The number of hydrogen-bond acceptors (Lipinski definition) is 10. The first-order valence-corrected chi connectivity index (χ1v) is 11.8. The van der Waals surface area contributed by atoms with Gasteiger partial charge in [-0.3, -0.25) is 9.36 Å². The summed E-state index contributed by atoms with van der Waals surface area (Å²) < 4.78 is 44.2. The number of aromatic nitrogens is 4. The number of carbonyl (C=O) groups is 1. The van der Waals surface area contributed by atoms with Crippen LogP contribution in [0.1, 0.15) is 22.8 Å². The molecule has 1 atom stereocenters. The van der Waals surface area contributed by atoms with Gasteiger partial charge in [0, 0.05) is 0 Å². The Balaban J connectivity index is 1.35. The molecule has 2 aromatic carbocycles. The van der Waals surface area contributed by atoms with Gasteiger partial charge in [0.2, 0.25) is 0 Å². The van der Waals surface area contributed by atoms with Crippen molar-refractivity contribution in [3.63, 3.8) is 0 Å². The molecule has 0 aliphatic carbocycles. The molecule has 0 aliphatic heterocycles. The maximum Gasteiger partial charge on any atom is 0.364 e. The summed E-state index contributed by atoms with van der Waals surface area (Å²) >= 11 is 0. The summed E-state index contributed by atoms with van der Waals surface area (Å²) in [5, 5.41) is 0. The van der Waals surface area contributed by atoms with Gasteiger partial charge < -0.3 is 15.2 Å². The van der Waals surface area contributed by atoms with E-state index in [1.807, 2.05) is 35.1 Å². The second-order valence-corrected chi connectivity index (χ2v) is 8.57. The number of nitrogens with two attached hydrogens (primary N) is 1. The minimum Gasteiger partial charge on any atom is -0.488 e. The number of imidazole rings is 1. The molecule has 4 aromatic rings. The van der Waals surface area contributed by atoms with Crippen LogP contribution in [-0.2, 0) is 32.6 Å². The Morgan fingerprint density at radius 3 is 2.63 bits per heavy atom. The number of para-hydroxylation sites is 1. The Hall–Kier alpha value is -4.07. The number of rotatable bonds is 10. The average molecular weight is 499 g/mol. The maximum atomic E-state index is 12.7. The first kappa shape index (κ1) is 24.1. The van der Waals surface area contributed by atoms with Crippen molar-refractivity contribution in [2.75, 3.05) is 5.73 Å². The SMILES string of the molecule is CC(OCn1cnc2c(N)ncnc21)OS(=O)(=O)NC(=O)c1ccccc1OCc1ccccc1. The lowest BCUT2D eigenvalue weighted by Gasteiger charge is -2.15. The lowest BCUT2D eigenvalue weighted by atomic mass is 10.2. The predicted molar refractivity (Wildman–Crippen MR) is 125 cm³/mol. The molecule has 4 rings (SSSR count). The maximum absolute atomic E-state index is 12.7. The summed E-state index contributed by atoms with van der Waals surface area (Å²) in [7, 11) is -4.50. The molecule has 0 saturated heterocycles. The molecule has 13 heteroatoms. The van der Waals surface area contributed by atoms with Gasteiger partial charge in [-0.2, -0.15) is 8.42 Å². The van der Waals surface area contributed by atoms with Crippen LogP contribution in [0, 0.1) is 0 Å². The summed E-state index contributed by atoms with van der Waals surface area (Å²) in [6.07, 6.45) is 1.46. The number of benzene rings is 2. The highest BCUT2D eigenvalue weighted by Crippen LogP contribution is 2.20. The van der Waals surface area contributed by atoms with Crippen LogP contribution in [0.2, 0.25) is 0 Å². The summed E-state index contributed by atoms with van der Waals surface area (Å²) in [6.45, 7) is 1.44. The molecule has 1 unspecified atom stereocenters. The second kappa shape index (κ2) is 10.5. The molecule has 0 aliphatic rings. The van der Waals surface area contributed by atoms with E-state index in [0.29, 0.717) is 11.2 Å². The Kier molecular flexibility index (Phi) is 7.19. The zero-order chi connectivity index (χ0) is 24.8. The van der Waals surface area contributed by atoms with Crippen LogP contribution < -0.4 is 15.2 Å². The monoisotopic (exact) mass is 498 g/mol. The number of fused-ring (bicyclic) bond motifs is 1. The van der Waals surface area contributed by atoms with Crippen molar-refractivity contribution in [2.24, 2.45) is 0 Å². The van der Waals surface area contributed by atoms with Crippen LogP contribution in [0.5, 0.6) is 5.75 Å². The molecular formula is C22H22N6O6S. The molecule has 35 heavy (non-hydrogen) atoms. The van der Waals surface area contributed by atoms with Gasteiger partial charge in [0.05, 0.1) is 11.9 Å². The predicted octanol–water partition coefficient (Wildman–Crippen LogP) is 2.00. The van der Waals surface area contributed by atoms with Gasteiger partial charge in [-0.1, -0.05) is 42.5 Å². The van der Waals surface area contributed by atoms with Crippen molar-refractivity contribution in [2.45, 2.75) is 26.6 Å². The van der Waals surface area contributed by atoms with E-state index in [-0.39, 0.29) is 30.5 Å². The Bertz CT molecular complexity index is 1430. The molecular weight excluding hydrogens is 476 g/mol. The number of nitrogens with one attached hydrogen (secondary N) is 1. The first-order valence-electron chi connectivity index (χ1n) is 10.4. The van der Waals surface area contributed by atoms with Crippen LogP contribution in [0.15, 0.2) is 67.3 Å². The minimum atomic E-state index is -4.50. The molecule has 2 aromatic heterocycles. The topological polar surface area (TPSA) is 161 Å². The van der Waals surface area contributed by atoms with Crippen molar-refractivity contribution < 1.29 is 26.9 Å². The number of nitrogens with zero attached hydrogens (tertiary/aromatic N) is 4. The normalized spacial score (nSPS) is 12.4. The molecule has 1 amide bonds. The van der Waals surface area contributed by atoms with Gasteiger partial charge in [0.15, 0.2) is 17.8 Å². The summed E-state index contributed by atoms with van der Waals surface area (Å²) in [6, 6.07) is 15.6. The van der Waals surface area contributed by atoms with E-state index in [2.05, 4.69) is 15.0 Å². The average Bonchev–Trinajstić information content (AvgIpc) is 3.26. The number of amides is 1. The summed E-state index contributed by atoms with van der Waals surface area (Å²) in [4.78, 5) is 24.7. The number of nitrogen functional groups attached to an aromatic ring is 1. The van der Waals surface area contributed by atoms with E-state index < -0.39 is 22.5 Å². The minimum absolute atomic E-state index is 0.0336. The molecule has 0 spiro atoms. The van der Waals surface area contributed by atoms with Gasteiger partial charge in [-0.25, -0.2) is 23.9 Å². The third-order valence-electron chi connectivity index (χ3n) is 4.73. The van der Waals surface area contributed by atoms with Crippen molar-refractivity contribution >= 4 is 33.2 Å². The Labute approximate surface area is 200 Å². The zero-order valence-electron chi connectivity index (χ0n) is 18.6. The van der Waals surface area contributed by atoms with Crippen LogP contribution in [0.4, 0.5) is 5.82 Å². The molecule has 0 bridgehead atoms. The highest BCUT2D eigenvalue weighted by molar-refractivity contribution is 7.85.